The highest BCUT2D eigenvalue weighted by atomic mass is 35.5. The zero-order chi connectivity index (χ0) is 13.4. The van der Waals surface area contributed by atoms with E-state index in [2.05, 4.69) is 12.1 Å². The second kappa shape index (κ2) is 7.91. The Hall–Kier alpha value is -0.393. The molecule has 5 heteroatoms. The fourth-order valence-corrected chi connectivity index (χ4v) is 3.82. The van der Waals surface area contributed by atoms with Gasteiger partial charge in [0.05, 0.1) is 0 Å². The van der Waals surface area contributed by atoms with Crippen molar-refractivity contribution < 1.29 is 13.3 Å². The first-order valence-corrected chi connectivity index (χ1v) is 8.45. The number of aryl methyl sites for hydroxylation is 1. The molecular weight excluding hydrogens is 268 g/mol. The first kappa shape index (κ1) is 15.7. The normalized spacial score (nSPS) is 11.8. The summed E-state index contributed by atoms with van der Waals surface area (Å²) in [5.41, 5.74) is 2.45. The monoisotopic (exact) mass is 288 g/mol. The molecule has 0 atom stereocenters. The van der Waals surface area contributed by atoms with Gasteiger partial charge in [0.25, 0.3) is 0 Å². The molecule has 0 heterocycles. The largest absolute Gasteiger partial charge is 0.500 e. The smallest absolute Gasteiger partial charge is 0.377 e. The van der Waals surface area contributed by atoms with Gasteiger partial charge in [-0.3, -0.25) is 0 Å². The van der Waals surface area contributed by atoms with E-state index < -0.39 is 8.80 Å². The van der Waals surface area contributed by atoms with Crippen LogP contribution in [-0.4, -0.2) is 30.1 Å². The molecule has 0 bridgehead atoms. The van der Waals surface area contributed by atoms with Gasteiger partial charge in [0.2, 0.25) is 0 Å². The van der Waals surface area contributed by atoms with Crippen molar-refractivity contribution >= 4 is 20.4 Å². The molecule has 0 saturated carbocycles. The van der Waals surface area contributed by atoms with Crippen molar-refractivity contribution in [3.63, 3.8) is 0 Å². The first-order chi connectivity index (χ1) is 8.69. The van der Waals surface area contributed by atoms with E-state index in [1.54, 1.807) is 21.3 Å². The number of rotatable bonds is 8. The van der Waals surface area contributed by atoms with Crippen molar-refractivity contribution in [2.24, 2.45) is 0 Å². The zero-order valence-electron chi connectivity index (χ0n) is 11.2. The van der Waals surface area contributed by atoms with Crippen molar-refractivity contribution in [2.75, 3.05) is 21.3 Å². The molecule has 1 aromatic rings. The standard InChI is InChI=1S/C13H21ClO3Si/c1-15-18(16-2,17-3)9-5-8-12-6-4-7-13(10-12)11-14/h4,6-7,10H,5,8-9,11H2,1-3H3. The topological polar surface area (TPSA) is 27.7 Å². The van der Waals surface area contributed by atoms with Crippen molar-refractivity contribution in [2.45, 2.75) is 24.8 Å². The molecule has 0 spiro atoms. The summed E-state index contributed by atoms with van der Waals surface area (Å²) < 4.78 is 16.2. The zero-order valence-corrected chi connectivity index (χ0v) is 13.0. The fraction of sp³-hybridized carbons (Fsp3) is 0.538. The summed E-state index contributed by atoms with van der Waals surface area (Å²) in [6, 6.07) is 9.16. The lowest BCUT2D eigenvalue weighted by molar-refractivity contribution is 0.123. The quantitative estimate of drug-likeness (QED) is 0.543. The molecule has 0 fully saturated rings. The van der Waals surface area contributed by atoms with E-state index in [-0.39, 0.29) is 0 Å². The summed E-state index contributed by atoms with van der Waals surface area (Å²) in [7, 11) is 2.52. The lowest BCUT2D eigenvalue weighted by Crippen LogP contribution is -2.42. The van der Waals surface area contributed by atoms with Crippen LogP contribution in [0.5, 0.6) is 0 Å². The Kier molecular flexibility index (Phi) is 6.89. The molecule has 0 unspecified atom stereocenters. The van der Waals surface area contributed by atoms with E-state index in [1.807, 2.05) is 12.1 Å². The maximum absolute atomic E-state index is 5.82. The Morgan fingerprint density at radius 2 is 1.67 bits per heavy atom. The molecule has 0 aliphatic rings. The molecular formula is C13H21ClO3Si. The van der Waals surface area contributed by atoms with Gasteiger partial charge in [0.15, 0.2) is 0 Å². The van der Waals surface area contributed by atoms with Crippen LogP contribution in [0.4, 0.5) is 0 Å². The minimum atomic E-state index is -2.42. The highest BCUT2D eigenvalue weighted by Crippen LogP contribution is 2.18. The van der Waals surface area contributed by atoms with Crippen molar-refractivity contribution in [1.82, 2.24) is 0 Å². The Bertz CT molecular complexity index is 348. The van der Waals surface area contributed by atoms with Crippen LogP contribution in [0.25, 0.3) is 0 Å². The molecule has 0 aromatic heterocycles. The van der Waals surface area contributed by atoms with Crippen LogP contribution in [0, 0.1) is 0 Å². The third-order valence-electron chi connectivity index (χ3n) is 3.03. The number of hydrogen-bond donors (Lipinski definition) is 0. The van der Waals surface area contributed by atoms with Gasteiger partial charge in [-0.05, 0) is 24.0 Å². The Morgan fingerprint density at radius 3 is 2.22 bits per heavy atom. The molecule has 0 aliphatic heterocycles. The van der Waals surface area contributed by atoms with Crippen LogP contribution in [0.3, 0.4) is 0 Å². The van der Waals surface area contributed by atoms with Gasteiger partial charge in [-0.25, -0.2) is 0 Å². The summed E-state index contributed by atoms with van der Waals surface area (Å²) in [6.07, 6.45) is 1.96. The van der Waals surface area contributed by atoms with Gasteiger partial charge in [-0.2, -0.15) is 0 Å². The van der Waals surface area contributed by atoms with Crippen LogP contribution >= 0.6 is 11.6 Å². The molecule has 0 N–H and O–H groups in total. The molecule has 3 nitrogen and oxygen atoms in total. The second-order valence-electron chi connectivity index (χ2n) is 4.10. The molecule has 0 radical (unpaired) electrons. The maximum Gasteiger partial charge on any atom is 0.500 e. The minimum Gasteiger partial charge on any atom is -0.377 e. The average molecular weight is 289 g/mol. The van der Waals surface area contributed by atoms with Gasteiger partial charge >= 0.3 is 8.80 Å². The summed E-state index contributed by atoms with van der Waals surface area (Å²) in [4.78, 5) is 0. The maximum atomic E-state index is 5.82. The van der Waals surface area contributed by atoms with Crippen molar-refractivity contribution in [1.29, 1.82) is 0 Å². The predicted molar refractivity (Wildman–Crippen MR) is 75.9 cm³/mol. The molecule has 1 rings (SSSR count). The van der Waals surface area contributed by atoms with E-state index >= 15 is 0 Å². The Balaban J connectivity index is 2.49. The summed E-state index contributed by atoms with van der Waals surface area (Å²) in [5, 5.41) is 0. The van der Waals surface area contributed by atoms with Crippen LogP contribution in [0.15, 0.2) is 24.3 Å². The van der Waals surface area contributed by atoms with Crippen molar-refractivity contribution in [3.8, 4) is 0 Å². The number of hydrogen-bond acceptors (Lipinski definition) is 3. The van der Waals surface area contributed by atoms with E-state index in [9.17, 15) is 0 Å². The molecule has 102 valence electrons. The molecule has 18 heavy (non-hydrogen) atoms. The summed E-state index contributed by atoms with van der Waals surface area (Å²) in [5.74, 6) is 0.556. The molecule has 1 aromatic carbocycles. The van der Waals surface area contributed by atoms with Gasteiger partial charge < -0.3 is 13.3 Å². The van der Waals surface area contributed by atoms with Crippen LogP contribution < -0.4 is 0 Å². The SMILES string of the molecule is CO[Si](CCCc1cccc(CCl)c1)(OC)OC. The molecule has 0 saturated heterocycles. The van der Waals surface area contributed by atoms with E-state index in [1.165, 1.54) is 5.56 Å². The summed E-state index contributed by atoms with van der Waals surface area (Å²) in [6.45, 7) is 0. The number of alkyl halides is 1. The minimum absolute atomic E-state index is 0.556. The van der Waals surface area contributed by atoms with Crippen LogP contribution in [-0.2, 0) is 25.6 Å². The van der Waals surface area contributed by atoms with E-state index in [0.29, 0.717) is 5.88 Å². The van der Waals surface area contributed by atoms with E-state index in [0.717, 1.165) is 24.4 Å². The van der Waals surface area contributed by atoms with Gasteiger partial charge in [-0.1, -0.05) is 24.3 Å². The highest BCUT2D eigenvalue weighted by molar-refractivity contribution is 6.60. The lowest BCUT2D eigenvalue weighted by Gasteiger charge is -2.24. The highest BCUT2D eigenvalue weighted by Gasteiger charge is 2.36. The van der Waals surface area contributed by atoms with Crippen LogP contribution in [0.2, 0.25) is 6.04 Å². The molecule has 0 amide bonds. The summed E-state index contributed by atoms with van der Waals surface area (Å²) >= 11 is 5.82. The number of halogens is 1. The average Bonchev–Trinajstić information content (AvgIpc) is 2.44. The van der Waals surface area contributed by atoms with E-state index in [4.69, 9.17) is 24.9 Å². The van der Waals surface area contributed by atoms with Gasteiger partial charge in [-0.15, -0.1) is 11.6 Å². The Morgan fingerprint density at radius 1 is 1.06 bits per heavy atom. The lowest BCUT2D eigenvalue weighted by atomic mass is 10.1. The number of benzene rings is 1. The third kappa shape index (κ3) is 4.37. The van der Waals surface area contributed by atoms with Gasteiger partial charge in [0, 0.05) is 33.3 Å². The van der Waals surface area contributed by atoms with Crippen molar-refractivity contribution in [3.05, 3.63) is 35.4 Å². The Labute approximate surface area is 115 Å². The fourth-order valence-electron chi connectivity index (χ4n) is 1.93. The molecule has 0 aliphatic carbocycles. The first-order valence-electron chi connectivity index (χ1n) is 5.99. The third-order valence-corrected chi connectivity index (χ3v) is 6.17. The second-order valence-corrected chi connectivity index (χ2v) is 7.46. The van der Waals surface area contributed by atoms with Crippen LogP contribution in [0.1, 0.15) is 17.5 Å². The predicted octanol–water partition coefficient (Wildman–Crippen LogP) is 3.24. The van der Waals surface area contributed by atoms with Gasteiger partial charge in [0.1, 0.15) is 0 Å².